The molecule has 0 heterocycles. The second-order valence-electron chi connectivity index (χ2n) is 12.8. The van der Waals surface area contributed by atoms with Crippen LogP contribution >= 0.6 is 7.82 Å². The molecule has 0 spiro atoms. The normalized spacial score (nSPS) is 14.2. The van der Waals surface area contributed by atoms with Crippen molar-refractivity contribution in [1.29, 1.82) is 0 Å². The number of phosphoric ester groups is 1. The van der Waals surface area contributed by atoms with Gasteiger partial charge in [-0.15, -0.1) is 0 Å². The largest absolute Gasteiger partial charge is 0.498 e. The summed E-state index contributed by atoms with van der Waals surface area (Å²) in [6, 6.07) is 0. The van der Waals surface area contributed by atoms with Crippen molar-refractivity contribution in [1.82, 2.24) is 0 Å². The number of esters is 1. The molecule has 0 aliphatic heterocycles. The molecule has 50 heavy (non-hydrogen) atoms. The van der Waals surface area contributed by atoms with Crippen molar-refractivity contribution in [3.8, 4) is 0 Å². The summed E-state index contributed by atoms with van der Waals surface area (Å²) in [4.78, 5) is 22.4. The van der Waals surface area contributed by atoms with Crippen molar-refractivity contribution in [2.45, 2.75) is 168 Å². The molecule has 0 saturated carbocycles. The fourth-order valence-electron chi connectivity index (χ4n) is 5.09. The van der Waals surface area contributed by atoms with E-state index in [1.165, 1.54) is 64.2 Å². The molecule has 0 rings (SSSR count). The van der Waals surface area contributed by atoms with Crippen LogP contribution in [0.1, 0.15) is 162 Å². The molecule has 0 amide bonds. The van der Waals surface area contributed by atoms with Gasteiger partial charge >= 0.3 is 13.8 Å². The van der Waals surface area contributed by atoms with Crippen LogP contribution in [0.5, 0.6) is 0 Å². The van der Waals surface area contributed by atoms with Gasteiger partial charge in [0.2, 0.25) is 0 Å². The monoisotopic (exact) mass is 724 g/mol. The van der Waals surface area contributed by atoms with Gasteiger partial charge in [-0.1, -0.05) is 127 Å². The fourth-order valence-corrected chi connectivity index (χ4v) is 5.85. The lowest BCUT2D eigenvalue weighted by atomic mass is 10.1. The summed E-state index contributed by atoms with van der Waals surface area (Å²) in [7, 11) is -4.30. The van der Waals surface area contributed by atoms with Crippen molar-refractivity contribution in [3.05, 3.63) is 60.9 Å². The number of phosphoric acid groups is 1. The number of carbonyl (C=O) groups is 1. The Kier molecular flexibility index (Phi) is 36.8. The minimum atomic E-state index is -4.30. The second kappa shape index (κ2) is 38.3. The number of ether oxygens (including phenoxy) is 2. The zero-order valence-corrected chi connectivity index (χ0v) is 32.8. The van der Waals surface area contributed by atoms with Crippen LogP contribution in [0.3, 0.4) is 0 Å². The van der Waals surface area contributed by atoms with Gasteiger partial charge < -0.3 is 20.1 Å². The molecule has 0 aliphatic rings. The van der Waals surface area contributed by atoms with Gasteiger partial charge in [0.1, 0.15) is 6.61 Å². The molecule has 0 aromatic carbocycles. The molecule has 3 N–H and O–H groups in total. The first-order valence-corrected chi connectivity index (χ1v) is 21.3. The summed E-state index contributed by atoms with van der Waals surface area (Å²) >= 11 is 0. The lowest BCUT2D eigenvalue weighted by Gasteiger charge is -2.19. The number of carbonyl (C=O) groups excluding carboxylic acids is 1. The Morgan fingerprint density at radius 3 is 1.72 bits per heavy atom. The predicted octanol–water partition coefficient (Wildman–Crippen LogP) is 11.8. The van der Waals surface area contributed by atoms with Gasteiger partial charge in [0.15, 0.2) is 6.10 Å². The summed E-state index contributed by atoms with van der Waals surface area (Å²) in [5.41, 5.74) is 5.35. The SMILES string of the molecule is CCC=CCC=CCC=CCCCCCCCC(=O)OC(COC=CCCCCCCC=CCCCCCCCC)COP(=O)(O)OCCN. The van der Waals surface area contributed by atoms with E-state index in [-0.39, 0.29) is 38.8 Å². The Morgan fingerprint density at radius 2 is 1.14 bits per heavy atom. The first kappa shape index (κ1) is 48.0. The maximum atomic E-state index is 12.5. The zero-order chi connectivity index (χ0) is 36.6. The highest BCUT2D eigenvalue weighted by Gasteiger charge is 2.25. The van der Waals surface area contributed by atoms with E-state index in [9.17, 15) is 14.3 Å². The number of allylic oxidation sites excluding steroid dienone is 9. The van der Waals surface area contributed by atoms with Gasteiger partial charge in [-0.25, -0.2) is 4.57 Å². The molecule has 0 aromatic heterocycles. The third-order valence-electron chi connectivity index (χ3n) is 7.98. The van der Waals surface area contributed by atoms with Crippen LogP contribution in [0.4, 0.5) is 0 Å². The van der Waals surface area contributed by atoms with E-state index in [0.717, 1.165) is 77.0 Å². The number of hydrogen-bond donors (Lipinski definition) is 2. The molecule has 8 nitrogen and oxygen atoms in total. The quantitative estimate of drug-likeness (QED) is 0.0214. The highest BCUT2D eigenvalue weighted by molar-refractivity contribution is 7.47. The van der Waals surface area contributed by atoms with Gasteiger partial charge in [-0.3, -0.25) is 13.8 Å². The van der Waals surface area contributed by atoms with Gasteiger partial charge in [0.25, 0.3) is 0 Å². The van der Waals surface area contributed by atoms with E-state index in [1.54, 1.807) is 6.26 Å². The van der Waals surface area contributed by atoms with E-state index in [1.807, 2.05) is 6.08 Å². The summed E-state index contributed by atoms with van der Waals surface area (Å²) in [5.74, 6) is -0.375. The number of rotatable bonds is 37. The molecule has 0 aliphatic carbocycles. The lowest BCUT2D eigenvalue weighted by Crippen LogP contribution is -2.27. The summed E-state index contributed by atoms with van der Waals surface area (Å²) < 4.78 is 33.1. The molecule has 290 valence electrons. The van der Waals surface area contributed by atoms with Gasteiger partial charge in [0.05, 0.1) is 19.5 Å². The summed E-state index contributed by atoms with van der Waals surface area (Å²) in [5, 5.41) is 0. The van der Waals surface area contributed by atoms with Crippen molar-refractivity contribution in [3.63, 3.8) is 0 Å². The third-order valence-corrected chi connectivity index (χ3v) is 8.97. The van der Waals surface area contributed by atoms with Crippen LogP contribution in [-0.2, 0) is 27.9 Å². The predicted molar refractivity (Wildman–Crippen MR) is 210 cm³/mol. The molecule has 2 atom stereocenters. The van der Waals surface area contributed by atoms with E-state index < -0.39 is 13.9 Å². The highest BCUT2D eigenvalue weighted by Crippen LogP contribution is 2.43. The van der Waals surface area contributed by atoms with Crippen molar-refractivity contribution in [2.24, 2.45) is 5.73 Å². The third kappa shape index (κ3) is 37.3. The van der Waals surface area contributed by atoms with Crippen LogP contribution in [0.25, 0.3) is 0 Å². The number of unbranched alkanes of at least 4 members (excludes halogenated alkanes) is 16. The molecule has 9 heteroatoms. The van der Waals surface area contributed by atoms with E-state index in [2.05, 4.69) is 62.5 Å². The molecule has 2 unspecified atom stereocenters. The molecule has 0 bridgehead atoms. The minimum absolute atomic E-state index is 0.0173. The standard InChI is InChI=1S/C41H74NO7P/c1-3-5-7-9-11-13-15-17-19-21-23-25-27-29-31-33-36-46-38-40(39-48-50(44,45)47-37-35-42)49-41(43)34-32-30-28-26-24-22-20-18-16-14-12-10-8-6-4-2/h6,8,12,14,17-20,33,36,40H,3-5,7,9-11,13,15-16,21-32,34-35,37-39,42H2,1-2H3,(H,44,45). The van der Waals surface area contributed by atoms with Gasteiger partial charge in [-0.2, -0.15) is 0 Å². The van der Waals surface area contributed by atoms with E-state index in [0.29, 0.717) is 0 Å². The van der Waals surface area contributed by atoms with Crippen LogP contribution < -0.4 is 5.73 Å². The lowest BCUT2D eigenvalue weighted by molar-refractivity contribution is -0.153. The minimum Gasteiger partial charge on any atom is -0.498 e. The summed E-state index contributed by atoms with van der Waals surface area (Å²) in [6.45, 7) is 4.07. The Morgan fingerprint density at radius 1 is 0.640 bits per heavy atom. The molecular formula is C41H74NO7P. The smallest absolute Gasteiger partial charge is 0.472 e. The Bertz CT molecular complexity index is 947. The molecule has 0 saturated heterocycles. The maximum absolute atomic E-state index is 12.5. The average molecular weight is 724 g/mol. The van der Waals surface area contributed by atoms with Crippen molar-refractivity contribution >= 4 is 13.8 Å². The van der Waals surface area contributed by atoms with Crippen LogP contribution in [0.15, 0.2) is 60.9 Å². The molecule has 0 fully saturated rings. The summed E-state index contributed by atoms with van der Waals surface area (Å²) in [6.07, 6.45) is 46.1. The van der Waals surface area contributed by atoms with Crippen LogP contribution in [0, 0.1) is 0 Å². The number of hydrogen-bond acceptors (Lipinski definition) is 7. The highest BCUT2D eigenvalue weighted by atomic mass is 31.2. The maximum Gasteiger partial charge on any atom is 0.472 e. The van der Waals surface area contributed by atoms with E-state index >= 15 is 0 Å². The topological polar surface area (TPSA) is 117 Å². The molecular weight excluding hydrogens is 649 g/mol. The second-order valence-corrected chi connectivity index (χ2v) is 14.3. The Balaban J connectivity index is 4.19. The zero-order valence-electron chi connectivity index (χ0n) is 31.9. The Hall–Kier alpha value is -1.96. The van der Waals surface area contributed by atoms with E-state index in [4.69, 9.17) is 24.3 Å². The first-order valence-electron chi connectivity index (χ1n) is 19.8. The average Bonchev–Trinajstić information content (AvgIpc) is 3.10. The Labute approximate surface area is 306 Å². The molecule has 0 radical (unpaired) electrons. The molecule has 0 aromatic rings. The van der Waals surface area contributed by atoms with Gasteiger partial charge in [-0.05, 0) is 83.1 Å². The van der Waals surface area contributed by atoms with Gasteiger partial charge in [0, 0.05) is 13.0 Å². The van der Waals surface area contributed by atoms with Crippen molar-refractivity contribution in [2.75, 3.05) is 26.4 Å². The van der Waals surface area contributed by atoms with Crippen LogP contribution in [-0.4, -0.2) is 43.3 Å². The van der Waals surface area contributed by atoms with Crippen LogP contribution in [0.2, 0.25) is 0 Å². The first-order chi connectivity index (χ1) is 24.4. The van der Waals surface area contributed by atoms with Crippen molar-refractivity contribution < 1.29 is 32.8 Å². The number of nitrogens with two attached hydrogens (primary N) is 1. The fraction of sp³-hybridized carbons (Fsp3) is 0.732.